The Morgan fingerprint density at radius 2 is 1.96 bits per heavy atom. The number of hydrogen-bond acceptors (Lipinski definition) is 5. The molecule has 1 aromatic heterocycles. The lowest BCUT2D eigenvalue weighted by molar-refractivity contribution is 0.240. The minimum atomic E-state index is -3.29. The minimum Gasteiger partial charge on any atom is -0.338 e. The molecule has 0 bridgehead atoms. The Morgan fingerprint density at radius 3 is 2.61 bits per heavy atom. The molecule has 8 heteroatoms. The molecular weight excluding hydrogens is 334 g/mol. The van der Waals surface area contributed by atoms with E-state index < -0.39 is 9.84 Å². The zero-order valence-electron chi connectivity index (χ0n) is 12.8. The molecule has 0 saturated carbocycles. The maximum Gasteiger partial charge on any atom is 0.315 e. The number of urea groups is 1. The largest absolute Gasteiger partial charge is 0.338 e. The standard InChI is InChI=1S/C15H19N3O3S2/c1-12-17-10-13(22-12)11-18-15(19)16-8-5-9-23(20,21)14-6-3-2-4-7-14/h2-4,6-7,10H,5,8-9,11H2,1H3,(H2,16,18,19). The van der Waals surface area contributed by atoms with Gasteiger partial charge in [-0.2, -0.15) is 0 Å². The molecular formula is C15H19N3O3S2. The summed E-state index contributed by atoms with van der Waals surface area (Å²) in [6.07, 6.45) is 2.09. The Morgan fingerprint density at radius 1 is 1.22 bits per heavy atom. The summed E-state index contributed by atoms with van der Waals surface area (Å²) in [5.41, 5.74) is 0. The van der Waals surface area contributed by atoms with Crippen LogP contribution < -0.4 is 10.6 Å². The highest BCUT2D eigenvalue weighted by atomic mass is 32.2. The lowest BCUT2D eigenvalue weighted by atomic mass is 10.4. The van der Waals surface area contributed by atoms with Gasteiger partial charge in [0, 0.05) is 17.6 Å². The first-order valence-electron chi connectivity index (χ1n) is 7.18. The highest BCUT2D eigenvalue weighted by Gasteiger charge is 2.13. The van der Waals surface area contributed by atoms with Crippen LogP contribution in [0.5, 0.6) is 0 Å². The Bertz CT molecular complexity index is 742. The van der Waals surface area contributed by atoms with E-state index in [0.717, 1.165) is 9.88 Å². The van der Waals surface area contributed by atoms with Gasteiger partial charge >= 0.3 is 6.03 Å². The third kappa shape index (κ3) is 5.65. The number of carbonyl (C=O) groups is 1. The molecule has 0 aliphatic heterocycles. The van der Waals surface area contributed by atoms with Crippen LogP contribution in [0.15, 0.2) is 41.4 Å². The Hall–Kier alpha value is -1.93. The van der Waals surface area contributed by atoms with Crippen LogP contribution in [0.4, 0.5) is 4.79 Å². The average Bonchev–Trinajstić information content (AvgIpc) is 2.96. The summed E-state index contributed by atoms with van der Waals surface area (Å²) < 4.78 is 24.1. The fourth-order valence-corrected chi connectivity index (χ4v) is 3.99. The predicted molar refractivity (Wildman–Crippen MR) is 90.2 cm³/mol. The Kier molecular flexibility index (Phi) is 6.12. The van der Waals surface area contributed by atoms with Gasteiger partial charge in [-0.1, -0.05) is 18.2 Å². The molecule has 0 aliphatic rings. The van der Waals surface area contributed by atoms with Gasteiger partial charge in [0.05, 0.1) is 22.2 Å². The highest BCUT2D eigenvalue weighted by Crippen LogP contribution is 2.11. The van der Waals surface area contributed by atoms with Crippen molar-refractivity contribution in [2.24, 2.45) is 0 Å². The summed E-state index contributed by atoms with van der Waals surface area (Å²) >= 11 is 1.53. The zero-order chi connectivity index (χ0) is 16.7. The van der Waals surface area contributed by atoms with Crippen molar-refractivity contribution in [2.75, 3.05) is 12.3 Å². The highest BCUT2D eigenvalue weighted by molar-refractivity contribution is 7.91. The van der Waals surface area contributed by atoms with Crippen LogP contribution in [-0.2, 0) is 16.4 Å². The molecule has 0 aliphatic carbocycles. The lowest BCUT2D eigenvalue weighted by Gasteiger charge is -2.07. The summed E-state index contributed by atoms with van der Waals surface area (Å²) in [6, 6.07) is 8.00. The van der Waals surface area contributed by atoms with Gasteiger partial charge in [-0.25, -0.2) is 18.2 Å². The van der Waals surface area contributed by atoms with Crippen LogP contribution >= 0.6 is 11.3 Å². The van der Waals surface area contributed by atoms with Crippen molar-refractivity contribution in [1.82, 2.24) is 15.6 Å². The number of nitrogens with one attached hydrogen (secondary N) is 2. The molecule has 2 rings (SSSR count). The molecule has 124 valence electrons. The second kappa shape index (κ2) is 8.07. The van der Waals surface area contributed by atoms with Gasteiger partial charge in [-0.05, 0) is 25.5 Å². The van der Waals surface area contributed by atoms with Gasteiger partial charge in [0.25, 0.3) is 0 Å². The smallest absolute Gasteiger partial charge is 0.315 e. The van der Waals surface area contributed by atoms with E-state index in [2.05, 4.69) is 15.6 Å². The summed E-state index contributed by atoms with van der Waals surface area (Å²) in [5.74, 6) is 0.00529. The summed E-state index contributed by atoms with van der Waals surface area (Å²) in [4.78, 5) is 17.0. The van der Waals surface area contributed by atoms with Gasteiger partial charge in [-0.15, -0.1) is 11.3 Å². The van der Waals surface area contributed by atoms with Gasteiger partial charge in [-0.3, -0.25) is 0 Å². The van der Waals surface area contributed by atoms with Crippen LogP contribution in [0.2, 0.25) is 0 Å². The van der Waals surface area contributed by atoms with Gasteiger partial charge in [0.15, 0.2) is 9.84 Å². The molecule has 0 atom stereocenters. The van der Waals surface area contributed by atoms with Crippen LogP contribution in [0.3, 0.4) is 0 Å². The van der Waals surface area contributed by atoms with E-state index in [0.29, 0.717) is 24.4 Å². The molecule has 2 amide bonds. The molecule has 2 N–H and O–H groups in total. The van der Waals surface area contributed by atoms with Crippen molar-refractivity contribution >= 4 is 27.2 Å². The SMILES string of the molecule is Cc1ncc(CNC(=O)NCCCS(=O)(=O)c2ccccc2)s1. The number of aryl methyl sites for hydroxylation is 1. The quantitative estimate of drug-likeness (QED) is 0.746. The number of amides is 2. The number of carbonyl (C=O) groups excluding carboxylic acids is 1. The maximum absolute atomic E-state index is 12.1. The average molecular weight is 353 g/mol. The van der Waals surface area contributed by atoms with Crippen LogP contribution in [0.25, 0.3) is 0 Å². The van der Waals surface area contributed by atoms with Crippen molar-refractivity contribution in [3.05, 3.63) is 46.4 Å². The van der Waals surface area contributed by atoms with Crippen molar-refractivity contribution in [2.45, 2.75) is 24.8 Å². The predicted octanol–water partition coefficient (Wildman–Crippen LogP) is 2.11. The summed E-state index contributed by atoms with van der Waals surface area (Å²) in [5, 5.41) is 6.32. The number of benzene rings is 1. The van der Waals surface area contributed by atoms with Crippen LogP contribution in [0, 0.1) is 6.92 Å². The van der Waals surface area contributed by atoms with Crippen molar-refractivity contribution in [3.63, 3.8) is 0 Å². The molecule has 6 nitrogen and oxygen atoms in total. The zero-order valence-corrected chi connectivity index (χ0v) is 14.4. The van der Waals surface area contributed by atoms with E-state index in [1.807, 2.05) is 6.92 Å². The van der Waals surface area contributed by atoms with Crippen LogP contribution in [-0.4, -0.2) is 31.7 Å². The van der Waals surface area contributed by atoms with E-state index in [1.54, 1.807) is 36.5 Å². The fraction of sp³-hybridized carbons (Fsp3) is 0.333. The van der Waals surface area contributed by atoms with Gasteiger partial charge in [0.1, 0.15) is 0 Å². The molecule has 0 unspecified atom stereocenters. The molecule has 0 radical (unpaired) electrons. The van der Waals surface area contributed by atoms with Gasteiger partial charge in [0.2, 0.25) is 0 Å². The van der Waals surface area contributed by atoms with E-state index >= 15 is 0 Å². The fourth-order valence-electron chi connectivity index (χ4n) is 1.93. The van der Waals surface area contributed by atoms with E-state index in [9.17, 15) is 13.2 Å². The first-order valence-corrected chi connectivity index (χ1v) is 9.65. The topological polar surface area (TPSA) is 88.2 Å². The second-order valence-electron chi connectivity index (χ2n) is 4.94. The lowest BCUT2D eigenvalue weighted by Crippen LogP contribution is -2.35. The first kappa shape index (κ1) is 17.4. The van der Waals surface area contributed by atoms with Crippen LogP contribution in [0.1, 0.15) is 16.3 Å². The molecule has 0 fully saturated rings. The van der Waals surface area contributed by atoms with E-state index in [4.69, 9.17) is 0 Å². The van der Waals surface area contributed by atoms with E-state index in [1.165, 1.54) is 11.3 Å². The van der Waals surface area contributed by atoms with Crippen molar-refractivity contribution in [3.8, 4) is 0 Å². The Labute approximate surface area is 139 Å². The molecule has 0 saturated heterocycles. The molecule has 1 aromatic carbocycles. The van der Waals surface area contributed by atoms with E-state index in [-0.39, 0.29) is 11.8 Å². The number of aromatic nitrogens is 1. The Balaban J connectivity index is 1.68. The molecule has 0 spiro atoms. The number of nitrogens with zero attached hydrogens (tertiary/aromatic N) is 1. The number of thiazole rings is 1. The van der Waals surface area contributed by atoms with Crippen molar-refractivity contribution < 1.29 is 13.2 Å². The summed E-state index contributed by atoms with van der Waals surface area (Å²) in [6.45, 7) is 2.63. The third-order valence-corrected chi connectivity index (χ3v) is 5.80. The third-order valence-electron chi connectivity index (χ3n) is 3.07. The molecule has 1 heterocycles. The first-order chi connectivity index (χ1) is 11.0. The van der Waals surface area contributed by atoms with Gasteiger partial charge < -0.3 is 10.6 Å². The minimum absolute atomic E-state index is 0.00529. The number of rotatable bonds is 7. The number of hydrogen-bond donors (Lipinski definition) is 2. The maximum atomic E-state index is 12.1. The molecule has 2 aromatic rings. The normalized spacial score (nSPS) is 11.2. The second-order valence-corrected chi connectivity index (χ2v) is 8.37. The molecule has 23 heavy (non-hydrogen) atoms. The number of sulfone groups is 1. The summed E-state index contributed by atoms with van der Waals surface area (Å²) in [7, 11) is -3.29. The van der Waals surface area contributed by atoms with Crippen molar-refractivity contribution in [1.29, 1.82) is 0 Å². The monoisotopic (exact) mass is 353 g/mol.